The van der Waals surface area contributed by atoms with Gasteiger partial charge in [0.2, 0.25) is 5.91 Å². The van der Waals surface area contributed by atoms with Crippen molar-refractivity contribution >= 4 is 16.8 Å². The van der Waals surface area contributed by atoms with E-state index in [9.17, 15) is 9.90 Å². The molecule has 0 bridgehead atoms. The number of nitrogens with zero attached hydrogens (tertiary/aromatic N) is 3. The minimum atomic E-state index is -1.01. The van der Waals surface area contributed by atoms with Crippen molar-refractivity contribution in [1.82, 2.24) is 14.5 Å². The zero-order valence-corrected chi connectivity index (χ0v) is 13.8. The molecule has 1 aliphatic rings. The topological polar surface area (TPSA) is 103 Å². The normalized spacial score (nSPS) is 15.9. The average molecular weight is 338 g/mol. The van der Waals surface area contributed by atoms with Crippen LogP contribution in [0.1, 0.15) is 11.4 Å². The van der Waals surface area contributed by atoms with Crippen molar-refractivity contribution < 1.29 is 14.6 Å². The predicted octanol–water partition coefficient (Wildman–Crippen LogP) is 0.881. The van der Waals surface area contributed by atoms with Crippen LogP contribution >= 0.6 is 0 Å². The minimum absolute atomic E-state index is 0.0921. The lowest BCUT2D eigenvalue weighted by atomic mass is 9.96. The summed E-state index contributed by atoms with van der Waals surface area (Å²) in [6.45, 7) is 0.511. The number of aromatic nitrogens is 3. The number of primary amides is 1. The van der Waals surface area contributed by atoms with Gasteiger partial charge in [-0.05, 0) is 18.2 Å². The Kier molecular flexibility index (Phi) is 3.55. The van der Waals surface area contributed by atoms with Gasteiger partial charge >= 0.3 is 0 Å². The van der Waals surface area contributed by atoms with Crippen molar-refractivity contribution in [2.45, 2.75) is 12.0 Å². The third-order valence-electron chi connectivity index (χ3n) is 4.47. The number of carbonyl (C=O) groups excluding carboxylic acids is 1. The molecule has 128 valence electrons. The molecule has 3 aromatic heterocycles. The fourth-order valence-corrected chi connectivity index (χ4v) is 3.09. The number of rotatable bonds is 4. The van der Waals surface area contributed by atoms with E-state index in [2.05, 4.69) is 9.97 Å². The number of hydrogen-bond acceptors (Lipinski definition) is 5. The molecule has 7 nitrogen and oxygen atoms in total. The summed E-state index contributed by atoms with van der Waals surface area (Å²) in [6.07, 6.45) is 3.79. The molecule has 0 unspecified atom stereocenters. The van der Waals surface area contributed by atoms with Crippen molar-refractivity contribution in [3.8, 4) is 11.3 Å². The second-order valence-electron chi connectivity index (χ2n) is 6.42. The molecular weight excluding hydrogens is 320 g/mol. The maximum absolute atomic E-state index is 11.2. The van der Waals surface area contributed by atoms with Crippen LogP contribution in [-0.4, -0.2) is 38.8 Å². The van der Waals surface area contributed by atoms with Crippen molar-refractivity contribution in [2.75, 3.05) is 13.2 Å². The Hall–Kier alpha value is -2.77. The number of aryl methyl sites for hydroxylation is 1. The van der Waals surface area contributed by atoms with Crippen LogP contribution in [0.4, 0.5) is 0 Å². The van der Waals surface area contributed by atoms with Crippen LogP contribution in [0.15, 0.2) is 36.7 Å². The van der Waals surface area contributed by atoms with E-state index >= 15 is 0 Å². The highest BCUT2D eigenvalue weighted by atomic mass is 16.5. The summed E-state index contributed by atoms with van der Waals surface area (Å²) in [6, 6.07) is 7.44. The zero-order chi connectivity index (χ0) is 17.6. The number of ether oxygens (including phenoxy) is 1. The van der Waals surface area contributed by atoms with E-state index in [-0.39, 0.29) is 19.6 Å². The van der Waals surface area contributed by atoms with Crippen LogP contribution in [0.3, 0.4) is 0 Å². The molecular formula is C18H18N4O3. The lowest BCUT2D eigenvalue weighted by molar-refractivity contribution is -0.186. The lowest BCUT2D eigenvalue weighted by Crippen LogP contribution is -2.47. The third kappa shape index (κ3) is 2.67. The molecule has 0 aromatic carbocycles. The molecule has 7 heteroatoms. The molecule has 1 aliphatic heterocycles. The Morgan fingerprint density at radius 3 is 2.92 bits per heavy atom. The molecule has 3 N–H and O–H groups in total. The molecule has 3 aromatic rings. The predicted molar refractivity (Wildman–Crippen MR) is 91.6 cm³/mol. The highest BCUT2D eigenvalue weighted by molar-refractivity contribution is 5.95. The summed E-state index contributed by atoms with van der Waals surface area (Å²) in [5.74, 6) is -0.420. The van der Waals surface area contributed by atoms with E-state index in [1.54, 1.807) is 12.3 Å². The Morgan fingerprint density at radius 2 is 2.24 bits per heavy atom. The first-order valence-corrected chi connectivity index (χ1v) is 7.96. The highest BCUT2D eigenvalue weighted by Gasteiger charge is 2.39. The molecule has 0 saturated carbocycles. The first kappa shape index (κ1) is 15.7. The molecule has 1 saturated heterocycles. The quantitative estimate of drug-likeness (QED) is 0.735. The van der Waals surface area contributed by atoms with Crippen LogP contribution in [0, 0.1) is 0 Å². The second-order valence-corrected chi connectivity index (χ2v) is 6.42. The Labute approximate surface area is 144 Å². The molecule has 25 heavy (non-hydrogen) atoms. The van der Waals surface area contributed by atoms with Gasteiger partial charge in [-0.1, -0.05) is 6.07 Å². The molecule has 0 radical (unpaired) electrons. The smallest absolute Gasteiger partial charge is 0.223 e. The lowest BCUT2D eigenvalue weighted by Gasteiger charge is -2.35. The number of aliphatic hydroxyl groups is 1. The van der Waals surface area contributed by atoms with E-state index in [1.807, 2.05) is 36.0 Å². The molecule has 1 amide bonds. The van der Waals surface area contributed by atoms with Gasteiger partial charge in [-0.15, -0.1) is 0 Å². The van der Waals surface area contributed by atoms with Crippen molar-refractivity contribution in [3.63, 3.8) is 0 Å². The van der Waals surface area contributed by atoms with Gasteiger partial charge in [0.1, 0.15) is 0 Å². The van der Waals surface area contributed by atoms with Gasteiger partial charge < -0.3 is 20.1 Å². The molecule has 4 rings (SSSR count). The Morgan fingerprint density at radius 1 is 1.44 bits per heavy atom. The standard InChI is InChI=1S/C18H18N4O3/c1-22-8-13(12-5-11(6-17(19)23)20-7-15(12)22)14-3-2-4-16(21-14)18(24)9-25-10-18/h2-5,7-8,24H,6,9-10H2,1H3,(H2,19,23). The summed E-state index contributed by atoms with van der Waals surface area (Å²) >= 11 is 0. The number of amides is 1. The van der Waals surface area contributed by atoms with Crippen molar-refractivity contribution in [1.29, 1.82) is 0 Å². The Bertz CT molecular complexity index is 976. The van der Waals surface area contributed by atoms with E-state index in [0.29, 0.717) is 11.4 Å². The van der Waals surface area contributed by atoms with Crippen LogP contribution in [0.2, 0.25) is 0 Å². The van der Waals surface area contributed by atoms with E-state index in [0.717, 1.165) is 22.2 Å². The maximum Gasteiger partial charge on any atom is 0.223 e. The number of fused-ring (bicyclic) bond motifs is 1. The Balaban J connectivity index is 1.83. The average Bonchev–Trinajstić information content (AvgIpc) is 2.89. The molecule has 4 heterocycles. The third-order valence-corrected chi connectivity index (χ3v) is 4.47. The molecule has 0 aliphatic carbocycles. The van der Waals surface area contributed by atoms with Crippen molar-refractivity contribution in [2.24, 2.45) is 12.8 Å². The summed E-state index contributed by atoms with van der Waals surface area (Å²) < 4.78 is 7.08. The molecule has 1 fully saturated rings. The van der Waals surface area contributed by atoms with E-state index in [1.165, 1.54) is 0 Å². The number of pyridine rings is 2. The van der Waals surface area contributed by atoms with Gasteiger partial charge in [-0.2, -0.15) is 0 Å². The first-order chi connectivity index (χ1) is 12.0. The summed E-state index contributed by atoms with van der Waals surface area (Å²) in [5, 5.41) is 11.4. The van der Waals surface area contributed by atoms with Crippen molar-refractivity contribution in [3.05, 3.63) is 48.0 Å². The van der Waals surface area contributed by atoms with Gasteiger partial charge in [0.05, 0.1) is 48.4 Å². The largest absolute Gasteiger partial charge is 0.379 e. The molecule has 0 spiro atoms. The zero-order valence-electron chi connectivity index (χ0n) is 13.8. The summed E-state index contributed by atoms with van der Waals surface area (Å²) in [7, 11) is 1.93. The summed E-state index contributed by atoms with van der Waals surface area (Å²) in [4.78, 5) is 20.1. The van der Waals surface area contributed by atoms with Gasteiger partial charge in [-0.25, -0.2) is 4.98 Å². The second kappa shape index (κ2) is 5.65. The number of hydrogen-bond donors (Lipinski definition) is 2. The monoisotopic (exact) mass is 338 g/mol. The fraction of sp³-hybridized carbons (Fsp3) is 0.278. The first-order valence-electron chi connectivity index (χ1n) is 7.96. The fourth-order valence-electron chi connectivity index (χ4n) is 3.09. The number of nitrogens with two attached hydrogens (primary N) is 1. The van der Waals surface area contributed by atoms with Crippen LogP contribution in [-0.2, 0) is 28.6 Å². The van der Waals surface area contributed by atoms with E-state index in [4.69, 9.17) is 10.5 Å². The van der Waals surface area contributed by atoms with E-state index < -0.39 is 11.5 Å². The van der Waals surface area contributed by atoms with Gasteiger partial charge in [-0.3, -0.25) is 9.78 Å². The number of carbonyl (C=O) groups is 1. The summed E-state index contributed by atoms with van der Waals surface area (Å²) in [5.41, 5.74) is 8.07. The minimum Gasteiger partial charge on any atom is -0.379 e. The SMILES string of the molecule is Cn1cc(-c2cccc(C3(O)COC3)n2)c2cc(CC(N)=O)ncc21. The molecule has 0 atom stereocenters. The van der Waals surface area contributed by atoms with Gasteiger partial charge in [0.15, 0.2) is 5.60 Å². The van der Waals surface area contributed by atoms with Gasteiger partial charge in [0, 0.05) is 24.2 Å². The van der Waals surface area contributed by atoms with Gasteiger partial charge in [0.25, 0.3) is 0 Å². The van der Waals surface area contributed by atoms with Crippen LogP contribution in [0.25, 0.3) is 22.2 Å². The van der Waals surface area contributed by atoms with Crippen LogP contribution < -0.4 is 5.73 Å². The maximum atomic E-state index is 11.2. The highest BCUT2D eigenvalue weighted by Crippen LogP contribution is 2.32. The van der Waals surface area contributed by atoms with Crippen LogP contribution in [0.5, 0.6) is 0 Å².